The van der Waals surface area contributed by atoms with Crippen LogP contribution >= 0.6 is 15.9 Å². The standard InChI is InChI=1S/C18H24N2O4.C8H6BrN/c1-17(2,3)23-15(21)20(16(22)24-18(4,5)6)12-14-9-7-13(11-19)8-10-14;9-5-7-1-3-8(6-10)4-2-7/h7-10H,12H2,1-6H3;1-4H,5H2. The van der Waals surface area contributed by atoms with Crippen molar-refractivity contribution < 1.29 is 19.1 Å². The molecular weight excluding hydrogens is 498 g/mol. The van der Waals surface area contributed by atoms with Gasteiger partial charge in [0, 0.05) is 5.33 Å². The molecule has 2 rings (SSSR count). The van der Waals surface area contributed by atoms with E-state index in [4.69, 9.17) is 20.0 Å². The predicted molar refractivity (Wildman–Crippen MR) is 133 cm³/mol. The molecule has 34 heavy (non-hydrogen) atoms. The molecular formula is C26H30BrN3O4. The van der Waals surface area contributed by atoms with Gasteiger partial charge in [-0.2, -0.15) is 10.5 Å². The average Bonchev–Trinajstić information content (AvgIpc) is 2.75. The van der Waals surface area contributed by atoms with E-state index in [2.05, 4.69) is 22.0 Å². The van der Waals surface area contributed by atoms with E-state index in [0.29, 0.717) is 16.7 Å². The molecule has 0 heterocycles. The highest BCUT2D eigenvalue weighted by molar-refractivity contribution is 9.08. The minimum absolute atomic E-state index is 0.00443. The van der Waals surface area contributed by atoms with Crippen LogP contribution in [0.2, 0.25) is 0 Å². The van der Waals surface area contributed by atoms with Crippen molar-refractivity contribution in [1.82, 2.24) is 4.90 Å². The highest BCUT2D eigenvalue weighted by atomic mass is 79.9. The first-order valence-corrected chi connectivity index (χ1v) is 11.7. The van der Waals surface area contributed by atoms with Crippen molar-refractivity contribution >= 4 is 28.1 Å². The number of rotatable bonds is 3. The maximum Gasteiger partial charge on any atom is 0.420 e. The molecule has 0 spiro atoms. The van der Waals surface area contributed by atoms with Crippen molar-refractivity contribution in [3.63, 3.8) is 0 Å². The van der Waals surface area contributed by atoms with Crippen molar-refractivity contribution in [1.29, 1.82) is 10.5 Å². The number of hydrogen-bond donors (Lipinski definition) is 0. The van der Waals surface area contributed by atoms with E-state index in [9.17, 15) is 9.59 Å². The van der Waals surface area contributed by atoms with Crippen molar-refractivity contribution in [2.45, 2.75) is 64.6 Å². The Labute approximate surface area is 210 Å². The fourth-order valence-corrected chi connectivity index (χ4v) is 2.75. The van der Waals surface area contributed by atoms with Crippen LogP contribution in [-0.4, -0.2) is 28.3 Å². The van der Waals surface area contributed by atoms with Crippen LogP contribution in [0.15, 0.2) is 48.5 Å². The largest absolute Gasteiger partial charge is 0.443 e. The summed E-state index contributed by atoms with van der Waals surface area (Å²) < 4.78 is 10.6. The fourth-order valence-electron chi connectivity index (χ4n) is 2.37. The first-order chi connectivity index (χ1) is 15.8. The van der Waals surface area contributed by atoms with E-state index < -0.39 is 23.4 Å². The van der Waals surface area contributed by atoms with Gasteiger partial charge in [-0.15, -0.1) is 0 Å². The minimum atomic E-state index is -0.777. The number of imide groups is 1. The Balaban J connectivity index is 0.000000479. The van der Waals surface area contributed by atoms with Gasteiger partial charge in [-0.25, -0.2) is 14.5 Å². The zero-order chi connectivity index (χ0) is 25.9. The van der Waals surface area contributed by atoms with Crippen LogP contribution in [0.1, 0.15) is 63.8 Å². The van der Waals surface area contributed by atoms with E-state index in [1.54, 1.807) is 65.8 Å². The number of nitrogens with zero attached hydrogens (tertiary/aromatic N) is 3. The van der Waals surface area contributed by atoms with E-state index in [1.165, 1.54) is 5.56 Å². The highest BCUT2D eigenvalue weighted by Crippen LogP contribution is 2.17. The second kappa shape index (κ2) is 12.8. The van der Waals surface area contributed by atoms with Crippen LogP contribution in [0, 0.1) is 22.7 Å². The Hall–Kier alpha value is -3.36. The second-order valence-electron chi connectivity index (χ2n) is 9.30. The molecule has 0 aliphatic rings. The molecule has 0 fully saturated rings. The Morgan fingerprint density at radius 2 is 1.12 bits per heavy atom. The molecule has 8 heteroatoms. The molecule has 0 bridgehead atoms. The third-order valence-corrected chi connectivity index (χ3v) is 4.54. The monoisotopic (exact) mass is 527 g/mol. The zero-order valence-electron chi connectivity index (χ0n) is 20.4. The van der Waals surface area contributed by atoms with Gasteiger partial charge in [0.1, 0.15) is 11.2 Å². The SMILES string of the molecule is CC(C)(C)OC(=O)N(Cc1ccc(C#N)cc1)C(=O)OC(C)(C)C.N#Cc1ccc(CBr)cc1. The molecule has 0 unspecified atom stereocenters. The maximum absolute atomic E-state index is 12.4. The predicted octanol–water partition coefficient (Wildman–Crippen LogP) is 6.68. The number of benzene rings is 2. The summed E-state index contributed by atoms with van der Waals surface area (Å²) in [4.78, 5) is 25.6. The summed E-state index contributed by atoms with van der Waals surface area (Å²) in [5.41, 5.74) is 1.62. The highest BCUT2D eigenvalue weighted by Gasteiger charge is 2.31. The van der Waals surface area contributed by atoms with E-state index in [0.717, 1.165) is 10.2 Å². The molecule has 2 aromatic carbocycles. The molecule has 0 radical (unpaired) electrons. The number of alkyl halides is 1. The van der Waals surface area contributed by atoms with Gasteiger partial charge in [-0.1, -0.05) is 40.2 Å². The van der Waals surface area contributed by atoms with Gasteiger partial charge in [0.25, 0.3) is 0 Å². The lowest BCUT2D eigenvalue weighted by Crippen LogP contribution is -2.43. The van der Waals surface area contributed by atoms with Crippen molar-refractivity contribution in [2.24, 2.45) is 0 Å². The van der Waals surface area contributed by atoms with Crippen LogP contribution in [0.5, 0.6) is 0 Å². The van der Waals surface area contributed by atoms with Gasteiger partial charge in [-0.3, -0.25) is 0 Å². The first-order valence-electron chi connectivity index (χ1n) is 10.6. The van der Waals surface area contributed by atoms with E-state index in [-0.39, 0.29) is 6.54 Å². The Bertz CT molecular complexity index is 1010. The number of amides is 2. The van der Waals surface area contributed by atoms with Gasteiger partial charge in [0.15, 0.2) is 0 Å². The Morgan fingerprint density at radius 1 is 0.765 bits per heavy atom. The summed E-state index contributed by atoms with van der Waals surface area (Å²) in [5.74, 6) is 0. The van der Waals surface area contributed by atoms with E-state index >= 15 is 0 Å². The van der Waals surface area contributed by atoms with Crippen LogP contribution in [0.4, 0.5) is 9.59 Å². The van der Waals surface area contributed by atoms with Crippen LogP contribution < -0.4 is 0 Å². The molecule has 0 saturated carbocycles. The lowest BCUT2D eigenvalue weighted by Gasteiger charge is -2.28. The summed E-state index contributed by atoms with van der Waals surface area (Å²) in [6, 6.07) is 18.2. The van der Waals surface area contributed by atoms with Gasteiger partial charge < -0.3 is 9.47 Å². The lowest BCUT2D eigenvalue weighted by atomic mass is 10.1. The van der Waals surface area contributed by atoms with Gasteiger partial charge >= 0.3 is 12.2 Å². The summed E-state index contributed by atoms with van der Waals surface area (Å²) >= 11 is 3.32. The lowest BCUT2D eigenvalue weighted by molar-refractivity contribution is -0.000248. The first kappa shape index (κ1) is 28.7. The number of hydrogen-bond acceptors (Lipinski definition) is 6. The molecule has 7 nitrogen and oxygen atoms in total. The number of carbonyl (C=O) groups excluding carboxylic acids is 2. The number of ether oxygens (including phenoxy) is 2. The normalized spacial score (nSPS) is 10.6. The number of halogens is 1. The molecule has 2 amide bonds. The molecule has 0 aliphatic heterocycles. The van der Waals surface area contributed by atoms with Crippen molar-refractivity contribution in [2.75, 3.05) is 0 Å². The van der Waals surface area contributed by atoms with Crippen LogP contribution in [-0.2, 0) is 21.3 Å². The smallest absolute Gasteiger partial charge is 0.420 e. The van der Waals surface area contributed by atoms with Crippen LogP contribution in [0.3, 0.4) is 0 Å². The summed E-state index contributed by atoms with van der Waals surface area (Å²) in [5, 5.41) is 18.1. The Kier molecular flexibility index (Phi) is 10.8. The molecule has 0 aliphatic carbocycles. The van der Waals surface area contributed by atoms with Gasteiger partial charge in [-0.05, 0) is 76.9 Å². The fraction of sp³-hybridized carbons (Fsp3) is 0.385. The minimum Gasteiger partial charge on any atom is -0.443 e. The molecule has 2 aromatic rings. The van der Waals surface area contributed by atoms with Gasteiger partial charge in [0.2, 0.25) is 0 Å². The molecule has 0 saturated heterocycles. The third kappa shape index (κ3) is 11.0. The second-order valence-corrected chi connectivity index (χ2v) is 9.86. The topological polar surface area (TPSA) is 103 Å². The third-order valence-electron chi connectivity index (χ3n) is 3.89. The Morgan fingerprint density at radius 3 is 1.41 bits per heavy atom. The van der Waals surface area contributed by atoms with Crippen molar-refractivity contribution in [3.05, 3.63) is 70.8 Å². The molecule has 0 atom stereocenters. The quantitative estimate of drug-likeness (QED) is 0.412. The molecule has 0 N–H and O–H groups in total. The average molecular weight is 528 g/mol. The van der Waals surface area contributed by atoms with Gasteiger partial charge in [0.05, 0.1) is 29.8 Å². The van der Waals surface area contributed by atoms with E-state index in [1.807, 2.05) is 30.3 Å². The maximum atomic E-state index is 12.4. The summed E-state index contributed by atoms with van der Waals surface area (Å²) in [7, 11) is 0. The van der Waals surface area contributed by atoms with Crippen molar-refractivity contribution in [3.8, 4) is 12.1 Å². The summed E-state index contributed by atoms with van der Waals surface area (Å²) in [6.07, 6.45) is -1.55. The zero-order valence-corrected chi connectivity index (χ0v) is 22.0. The van der Waals surface area contributed by atoms with Crippen LogP contribution in [0.25, 0.3) is 0 Å². The number of nitriles is 2. The number of carbonyl (C=O) groups is 2. The molecule has 180 valence electrons. The molecule has 0 aromatic heterocycles. The summed E-state index contributed by atoms with van der Waals surface area (Å²) in [6.45, 7) is 10.3.